The maximum Gasteiger partial charge on any atom is 0.419 e. The Labute approximate surface area is 162 Å². The zero-order valence-electron chi connectivity index (χ0n) is 15.6. The fourth-order valence-corrected chi connectivity index (χ4v) is 3.55. The SMILES string of the molecule is C=CC1NN=CC1C1=CNC(c2ccc(O)c(C(F)(F)F)c2)C=C1CCCC. The van der Waals surface area contributed by atoms with E-state index in [0.29, 0.717) is 5.56 Å². The molecular weight excluding hydrogens is 367 g/mol. The molecule has 0 radical (unpaired) electrons. The molecule has 2 aliphatic heterocycles. The summed E-state index contributed by atoms with van der Waals surface area (Å²) in [6.07, 6.45) is 5.71. The molecule has 1 aromatic rings. The Bertz CT molecular complexity index is 827. The molecule has 150 valence electrons. The lowest BCUT2D eigenvalue weighted by Gasteiger charge is -2.28. The lowest BCUT2D eigenvalue weighted by molar-refractivity contribution is -0.138. The zero-order valence-corrected chi connectivity index (χ0v) is 15.6. The Morgan fingerprint density at radius 3 is 2.79 bits per heavy atom. The Morgan fingerprint density at radius 1 is 1.32 bits per heavy atom. The Hall–Kier alpha value is -2.70. The third-order valence-corrected chi connectivity index (χ3v) is 5.10. The fourth-order valence-electron chi connectivity index (χ4n) is 3.55. The van der Waals surface area contributed by atoms with Crippen molar-refractivity contribution in [3.63, 3.8) is 0 Å². The van der Waals surface area contributed by atoms with Gasteiger partial charge in [-0.2, -0.15) is 18.3 Å². The number of phenols is 1. The number of halogens is 3. The number of rotatable bonds is 6. The first-order valence-electron chi connectivity index (χ1n) is 9.33. The maximum atomic E-state index is 13.1. The third-order valence-electron chi connectivity index (χ3n) is 5.10. The van der Waals surface area contributed by atoms with Crippen LogP contribution in [0.25, 0.3) is 0 Å². The summed E-state index contributed by atoms with van der Waals surface area (Å²) in [7, 11) is 0. The summed E-state index contributed by atoms with van der Waals surface area (Å²) in [5.41, 5.74) is 4.60. The van der Waals surface area contributed by atoms with Crippen LogP contribution in [0, 0.1) is 5.92 Å². The predicted octanol–water partition coefficient (Wildman–Crippen LogP) is 4.82. The molecule has 3 N–H and O–H groups in total. The van der Waals surface area contributed by atoms with Gasteiger partial charge in [0.1, 0.15) is 5.75 Å². The van der Waals surface area contributed by atoms with E-state index in [4.69, 9.17) is 0 Å². The number of dihydropyridines is 1. The second-order valence-electron chi connectivity index (χ2n) is 7.01. The fraction of sp³-hybridized carbons (Fsp3) is 0.381. The van der Waals surface area contributed by atoms with Gasteiger partial charge in [-0.15, -0.1) is 6.58 Å². The number of phenolic OH excluding ortho intramolecular Hbond substituents is 1. The van der Waals surface area contributed by atoms with Gasteiger partial charge in [0.2, 0.25) is 0 Å². The van der Waals surface area contributed by atoms with Crippen LogP contribution in [0.1, 0.15) is 43.4 Å². The van der Waals surface area contributed by atoms with E-state index in [9.17, 15) is 18.3 Å². The molecule has 0 spiro atoms. The molecule has 1 aromatic carbocycles. The maximum absolute atomic E-state index is 13.1. The number of unbranched alkanes of at least 4 members (excludes halogenated alkanes) is 1. The number of alkyl halides is 3. The van der Waals surface area contributed by atoms with Gasteiger partial charge in [0.05, 0.1) is 17.6 Å². The second kappa shape index (κ2) is 8.12. The average molecular weight is 391 g/mol. The summed E-state index contributed by atoms with van der Waals surface area (Å²) in [6.45, 7) is 5.94. The topological polar surface area (TPSA) is 56.7 Å². The summed E-state index contributed by atoms with van der Waals surface area (Å²) < 4.78 is 39.4. The second-order valence-corrected chi connectivity index (χ2v) is 7.01. The normalized spacial score (nSPS) is 24.2. The first-order chi connectivity index (χ1) is 13.3. The molecule has 4 nitrogen and oxygen atoms in total. The van der Waals surface area contributed by atoms with Crippen LogP contribution in [0.15, 0.2) is 59.4 Å². The molecule has 2 aliphatic rings. The molecular formula is C21H24F3N3O. The largest absolute Gasteiger partial charge is 0.507 e. The molecule has 0 saturated heterocycles. The van der Waals surface area contributed by atoms with Gasteiger partial charge in [-0.05, 0) is 41.7 Å². The van der Waals surface area contributed by atoms with Crippen LogP contribution in [0.2, 0.25) is 0 Å². The molecule has 7 heteroatoms. The quantitative estimate of drug-likeness (QED) is 0.610. The molecule has 3 rings (SSSR count). The molecule has 28 heavy (non-hydrogen) atoms. The van der Waals surface area contributed by atoms with Crippen LogP contribution in [-0.4, -0.2) is 17.4 Å². The van der Waals surface area contributed by atoms with E-state index >= 15 is 0 Å². The van der Waals surface area contributed by atoms with Crippen molar-refractivity contribution in [3.8, 4) is 5.75 Å². The van der Waals surface area contributed by atoms with Gasteiger partial charge in [-0.25, -0.2) is 0 Å². The van der Waals surface area contributed by atoms with Gasteiger partial charge in [0, 0.05) is 18.3 Å². The van der Waals surface area contributed by atoms with E-state index in [0.717, 1.165) is 42.5 Å². The molecule has 2 heterocycles. The summed E-state index contributed by atoms with van der Waals surface area (Å²) in [5.74, 6) is -0.736. The van der Waals surface area contributed by atoms with Crippen molar-refractivity contribution >= 4 is 6.21 Å². The minimum Gasteiger partial charge on any atom is -0.507 e. The Balaban J connectivity index is 1.92. The monoisotopic (exact) mass is 391 g/mol. The van der Waals surface area contributed by atoms with Crippen LogP contribution < -0.4 is 10.7 Å². The minimum absolute atomic E-state index is 0.0138. The van der Waals surface area contributed by atoms with Crippen LogP contribution in [0.4, 0.5) is 13.2 Å². The van der Waals surface area contributed by atoms with Crippen molar-refractivity contribution in [2.75, 3.05) is 0 Å². The first-order valence-corrected chi connectivity index (χ1v) is 9.33. The van der Waals surface area contributed by atoms with Crippen molar-refractivity contribution in [2.45, 2.75) is 44.4 Å². The number of nitrogens with one attached hydrogen (secondary N) is 2. The average Bonchev–Trinajstić information content (AvgIpc) is 3.14. The van der Waals surface area contributed by atoms with Gasteiger partial charge in [0.25, 0.3) is 0 Å². The van der Waals surface area contributed by atoms with Crippen LogP contribution in [-0.2, 0) is 6.18 Å². The summed E-state index contributed by atoms with van der Waals surface area (Å²) >= 11 is 0. The van der Waals surface area contributed by atoms with Crippen LogP contribution in [0.5, 0.6) is 5.75 Å². The predicted molar refractivity (Wildman–Crippen MR) is 104 cm³/mol. The molecule has 0 saturated carbocycles. The van der Waals surface area contributed by atoms with Gasteiger partial charge in [0.15, 0.2) is 0 Å². The minimum atomic E-state index is -4.60. The summed E-state index contributed by atoms with van der Waals surface area (Å²) in [4.78, 5) is 0. The highest BCUT2D eigenvalue weighted by atomic mass is 19.4. The summed E-state index contributed by atoms with van der Waals surface area (Å²) in [6, 6.07) is 3.20. The van der Waals surface area contributed by atoms with Gasteiger partial charge in [-0.1, -0.05) is 31.6 Å². The van der Waals surface area contributed by atoms with Crippen LogP contribution in [0.3, 0.4) is 0 Å². The van der Waals surface area contributed by atoms with E-state index in [1.807, 2.05) is 18.5 Å². The Kier molecular flexibility index (Phi) is 5.82. The van der Waals surface area contributed by atoms with Crippen molar-refractivity contribution in [1.82, 2.24) is 10.7 Å². The van der Waals surface area contributed by atoms with E-state index < -0.39 is 23.5 Å². The van der Waals surface area contributed by atoms with Crippen molar-refractivity contribution in [2.24, 2.45) is 11.0 Å². The number of hydrogen-bond donors (Lipinski definition) is 3. The molecule has 3 unspecified atom stereocenters. The van der Waals surface area contributed by atoms with E-state index in [2.05, 4.69) is 29.3 Å². The highest BCUT2D eigenvalue weighted by Gasteiger charge is 2.35. The number of hydrogen-bond acceptors (Lipinski definition) is 4. The number of benzene rings is 1. The molecule has 3 atom stereocenters. The van der Waals surface area contributed by atoms with E-state index in [1.165, 1.54) is 6.07 Å². The Morgan fingerprint density at radius 2 is 2.11 bits per heavy atom. The third kappa shape index (κ3) is 4.08. The lowest BCUT2D eigenvalue weighted by atomic mass is 9.83. The van der Waals surface area contributed by atoms with Crippen molar-refractivity contribution in [1.29, 1.82) is 0 Å². The van der Waals surface area contributed by atoms with Gasteiger partial charge in [-0.3, -0.25) is 0 Å². The number of allylic oxidation sites excluding steroid dienone is 1. The van der Waals surface area contributed by atoms with Crippen LogP contribution >= 0.6 is 0 Å². The van der Waals surface area contributed by atoms with Crippen molar-refractivity contribution < 1.29 is 18.3 Å². The zero-order chi connectivity index (χ0) is 20.3. The number of aromatic hydroxyl groups is 1. The van der Waals surface area contributed by atoms with E-state index in [-0.39, 0.29) is 12.0 Å². The molecule has 0 aromatic heterocycles. The standard InChI is InChI=1S/C21H24F3N3O/c1-3-5-6-13-10-19(14-7-8-20(28)17(9-14)21(22,23)24)25-11-15(13)16-12-26-27-18(16)4-2/h4,7-12,16,18-19,25,27-28H,2-3,5-6H2,1H3. The van der Waals surface area contributed by atoms with Crippen molar-refractivity contribution in [3.05, 3.63) is 65.4 Å². The molecule has 0 amide bonds. The lowest BCUT2D eigenvalue weighted by Crippen LogP contribution is -2.30. The molecule has 0 aliphatic carbocycles. The van der Waals surface area contributed by atoms with Gasteiger partial charge >= 0.3 is 6.18 Å². The number of nitrogens with zero attached hydrogens (tertiary/aromatic N) is 1. The first kappa shape index (κ1) is 20.0. The highest BCUT2D eigenvalue weighted by Crippen LogP contribution is 2.39. The van der Waals surface area contributed by atoms with E-state index in [1.54, 1.807) is 6.08 Å². The molecule has 0 bridgehead atoms. The highest BCUT2D eigenvalue weighted by molar-refractivity contribution is 5.71. The molecule has 0 fully saturated rings. The number of hydrazone groups is 1. The van der Waals surface area contributed by atoms with Gasteiger partial charge < -0.3 is 15.8 Å². The summed E-state index contributed by atoms with van der Waals surface area (Å²) in [5, 5.41) is 16.9. The smallest absolute Gasteiger partial charge is 0.419 e.